The van der Waals surface area contributed by atoms with Crippen LogP contribution in [0.4, 0.5) is 0 Å². The van der Waals surface area contributed by atoms with Crippen molar-refractivity contribution in [2.24, 2.45) is 10.9 Å². The van der Waals surface area contributed by atoms with Crippen LogP contribution in [0.15, 0.2) is 33.9 Å². The highest BCUT2D eigenvalue weighted by Crippen LogP contribution is 2.15. The van der Waals surface area contributed by atoms with Crippen molar-refractivity contribution in [3.63, 3.8) is 0 Å². The molecule has 0 saturated heterocycles. The van der Waals surface area contributed by atoms with Crippen LogP contribution in [0.5, 0.6) is 0 Å². The molecule has 2 heterocycles. The van der Waals surface area contributed by atoms with E-state index in [9.17, 15) is 0 Å². The van der Waals surface area contributed by atoms with E-state index >= 15 is 0 Å². The van der Waals surface area contributed by atoms with Crippen molar-refractivity contribution >= 4 is 29.9 Å². The molecular weight excluding hydrogens is 479 g/mol. The molecule has 2 rings (SSSR count). The van der Waals surface area contributed by atoms with Crippen LogP contribution >= 0.6 is 24.0 Å². The zero-order valence-corrected chi connectivity index (χ0v) is 20.2. The Balaban J connectivity index is 0.00000420. The van der Waals surface area contributed by atoms with Crippen molar-refractivity contribution in [1.29, 1.82) is 0 Å². The number of rotatable bonds is 12. The van der Waals surface area contributed by atoms with Crippen molar-refractivity contribution in [1.82, 2.24) is 25.8 Å². The summed E-state index contributed by atoms with van der Waals surface area (Å²) in [5.74, 6) is 2.64. The van der Waals surface area contributed by atoms with E-state index in [1.165, 1.54) is 32.1 Å². The van der Waals surface area contributed by atoms with Crippen LogP contribution in [0.3, 0.4) is 0 Å². The molecule has 0 spiro atoms. The summed E-state index contributed by atoms with van der Waals surface area (Å²) in [6.07, 6.45) is 8.61. The smallest absolute Gasteiger partial charge is 0.276 e. The minimum Gasteiger partial charge on any atom is -0.357 e. The summed E-state index contributed by atoms with van der Waals surface area (Å²) in [5, 5.41) is 10.7. The first-order valence-electron chi connectivity index (χ1n) is 10.5. The second-order valence-electron chi connectivity index (χ2n) is 6.92. The topological polar surface area (TPSA) is 88.2 Å². The fourth-order valence-electron chi connectivity index (χ4n) is 3.03. The third-order valence-corrected chi connectivity index (χ3v) is 4.51. The highest BCUT2D eigenvalue weighted by molar-refractivity contribution is 14.0. The quantitative estimate of drug-likeness (QED) is 0.247. The Bertz CT molecular complexity index is 691. The molecule has 0 aliphatic heterocycles. The number of aliphatic imine (C=N–C) groups is 1. The monoisotopic (exact) mass is 514 g/mol. The molecule has 0 bridgehead atoms. The number of hydrogen-bond acceptors (Lipinski definition) is 5. The highest BCUT2D eigenvalue weighted by atomic mass is 127. The van der Waals surface area contributed by atoms with Crippen molar-refractivity contribution in [3.8, 4) is 11.6 Å². The molecule has 7 nitrogen and oxygen atoms in total. The lowest BCUT2D eigenvalue weighted by atomic mass is 9.97. The number of pyridine rings is 1. The van der Waals surface area contributed by atoms with E-state index in [1.807, 2.05) is 18.2 Å². The number of guanidine groups is 1. The molecule has 162 valence electrons. The van der Waals surface area contributed by atoms with Gasteiger partial charge >= 0.3 is 0 Å². The van der Waals surface area contributed by atoms with Gasteiger partial charge in [0.1, 0.15) is 5.69 Å². The van der Waals surface area contributed by atoms with Crippen LogP contribution in [-0.4, -0.2) is 40.7 Å². The standard InChI is InChI=1S/C21H34N6O.HI/c1-4-7-11-17(10-5-2)16-25-21(22-6-3)24-15-13-19-26-20(28-27-19)18-12-8-9-14-23-18;/h8-9,12,14,17H,4-7,10-11,13,15-16H2,1-3H3,(H2,22,24,25);1H. The van der Waals surface area contributed by atoms with Gasteiger partial charge in [-0.25, -0.2) is 0 Å². The Morgan fingerprint density at radius 1 is 1.14 bits per heavy atom. The molecule has 0 saturated carbocycles. The number of nitrogens with zero attached hydrogens (tertiary/aromatic N) is 4. The van der Waals surface area contributed by atoms with E-state index in [2.05, 4.69) is 46.5 Å². The highest BCUT2D eigenvalue weighted by Gasteiger charge is 2.10. The van der Waals surface area contributed by atoms with Gasteiger partial charge in [-0.3, -0.25) is 9.98 Å². The zero-order valence-electron chi connectivity index (χ0n) is 17.9. The maximum absolute atomic E-state index is 5.30. The second kappa shape index (κ2) is 15.2. The Labute approximate surface area is 191 Å². The van der Waals surface area contributed by atoms with E-state index in [4.69, 9.17) is 9.52 Å². The van der Waals surface area contributed by atoms with E-state index in [-0.39, 0.29) is 24.0 Å². The van der Waals surface area contributed by atoms with Crippen LogP contribution < -0.4 is 10.6 Å². The third-order valence-electron chi connectivity index (χ3n) is 4.51. The van der Waals surface area contributed by atoms with E-state index in [0.717, 1.165) is 19.0 Å². The van der Waals surface area contributed by atoms with E-state index < -0.39 is 0 Å². The molecule has 0 aromatic carbocycles. The predicted molar refractivity (Wildman–Crippen MR) is 129 cm³/mol. The Hall–Kier alpha value is -1.71. The molecule has 2 aromatic rings. The van der Waals surface area contributed by atoms with Gasteiger partial charge in [0, 0.05) is 32.3 Å². The lowest BCUT2D eigenvalue weighted by molar-refractivity contribution is 0.421. The molecule has 0 radical (unpaired) electrons. The van der Waals surface area contributed by atoms with Gasteiger partial charge in [0.2, 0.25) is 0 Å². The molecular formula is C21H35IN6O. The summed E-state index contributed by atoms with van der Waals surface area (Å²) in [6.45, 7) is 8.97. The third kappa shape index (κ3) is 9.56. The molecule has 1 unspecified atom stereocenters. The van der Waals surface area contributed by atoms with Gasteiger partial charge in [0.25, 0.3) is 5.89 Å². The zero-order chi connectivity index (χ0) is 20.0. The normalized spacial score (nSPS) is 12.3. The maximum Gasteiger partial charge on any atom is 0.276 e. The number of nitrogens with one attached hydrogen (secondary N) is 2. The lowest BCUT2D eigenvalue weighted by Gasteiger charge is -2.15. The molecule has 0 amide bonds. The number of unbranched alkanes of at least 4 members (excludes halogenated alkanes) is 1. The van der Waals surface area contributed by atoms with Gasteiger partial charge in [-0.05, 0) is 37.8 Å². The number of aromatic nitrogens is 3. The van der Waals surface area contributed by atoms with E-state index in [0.29, 0.717) is 36.3 Å². The fraction of sp³-hybridized carbons (Fsp3) is 0.619. The molecule has 29 heavy (non-hydrogen) atoms. The van der Waals surface area contributed by atoms with Crippen LogP contribution in [-0.2, 0) is 6.42 Å². The Morgan fingerprint density at radius 2 is 2.00 bits per heavy atom. The Morgan fingerprint density at radius 3 is 2.69 bits per heavy atom. The molecule has 0 aliphatic carbocycles. The summed E-state index contributed by atoms with van der Waals surface area (Å²) in [7, 11) is 0. The predicted octanol–water partition coefficient (Wildman–Crippen LogP) is 4.45. The first kappa shape index (κ1) is 25.3. The molecule has 0 aliphatic rings. The molecule has 2 aromatic heterocycles. The van der Waals surface area contributed by atoms with Gasteiger partial charge in [0.05, 0.1) is 0 Å². The maximum atomic E-state index is 5.30. The number of halogens is 1. The average molecular weight is 514 g/mol. The van der Waals surface area contributed by atoms with Gasteiger partial charge in [0.15, 0.2) is 11.8 Å². The number of hydrogen-bond donors (Lipinski definition) is 2. The van der Waals surface area contributed by atoms with Crippen LogP contribution in [0.2, 0.25) is 0 Å². The van der Waals surface area contributed by atoms with Crippen molar-refractivity contribution in [2.75, 3.05) is 19.6 Å². The molecule has 2 N–H and O–H groups in total. The van der Waals surface area contributed by atoms with Crippen LogP contribution in [0.25, 0.3) is 11.6 Å². The minimum absolute atomic E-state index is 0. The Kier molecular flexibility index (Phi) is 13.3. The van der Waals surface area contributed by atoms with Gasteiger partial charge in [-0.1, -0.05) is 44.3 Å². The van der Waals surface area contributed by atoms with Gasteiger partial charge in [-0.15, -0.1) is 24.0 Å². The van der Waals surface area contributed by atoms with E-state index in [1.54, 1.807) is 6.20 Å². The van der Waals surface area contributed by atoms with Crippen molar-refractivity contribution < 1.29 is 4.52 Å². The second-order valence-corrected chi connectivity index (χ2v) is 6.92. The van der Waals surface area contributed by atoms with Crippen LogP contribution in [0.1, 0.15) is 58.7 Å². The SMILES string of the molecule is CCCCC(CCC)CN=C(NCC)NCCc1noc(-c2ccccn2)n1.I. The largest absolute Gasteiger partial charge is 0.357 e. The first-order chi connectivity index (χ1) is 13.8. The van der Waals surface area contributed by atoms with Gasteiger partial charge < -0.3 is 15.2 Å². The summed E-state index contributed by atoms with van der Waals surface area (Å²) in [4.78, 5) is 13.4. The summed E-state index contributed by atoms with van der Waals surface area (Å²) in [6, 6.07) is 5.62. The summed E-state index contributed by atoms with van der Waals surface area (Å²) >= 11 is 0. The molecule has 8 heteroatoms. The van der Waals surface area contributed by atoms with Crippen molar-refractivity contribution in [3.05, 3.63) is 30.2 Å². The molecule has 0 fully saturated rings. The van der Waals surface area contributed by atoms with Gasteiger partial charge in [-0.2, -0.15) is 4.98 Å². The first-order valence-corrected chi connectivity index (χ1v) is 10.5. The summed E-state index contributed by atoms with van der Waals surface area (Å²) in [5.41, 5.74) is 0.693. The summed E-state index contributed by atoms with van der Waals surface area (Å²) < 4.78 is 5.30. The fourth-order valence-corrected chi connectivity index (χ4v) is 3.03. The average Bonchev–Trinajstić information content (AvgIpc) is 3.19. The van der Waals surface area contributed by atoms with Crippen molar-refractivity contribution in [2.45, 2.75) is 59.3 Å². The lowest BCUT2D eigenvalue weighted by Crippen LogP contribution is -2.38. The molecule has 1 atom stereocenters. The van der Waals surface area contributed by atoms with Crippen LogP contribution in [0, 0.1) is 5.92 Å². The minimum atomic E-state index is 0.